The number of hydrogen-bond donors (Lipinski definition) is 1. The number of carbonyl (C=O) groups is 1. The second kappa shape index (κ2) is 10.4. The van der Waals surface area contributed by atoms with Gasteiger partial charge in [0.05, 0.1) is 0 Å². The standard InChI is InChI=1S/C9H11NO.C6H10.C2H6/c1-7-3-5-9(6-4-7)10-8(2)11;1-6-4-2-3-5-6;1-2/h3-6H,1-2H3,(H,10,11);2-3,6H,4-5H2,1H3;1-2H3. The van der Waals surface area contributed by atoms with E-state index in [1.54, 1.807) is 0 Å². The van der Waals surface area contributed by atoms with Gasteiger partial charge in [0.1, 0.15) is 0 Å². The monoisotopic (exact) mass is 261 g/mol. The fourth-order valence-corrected chi connectivity index (χ4v) is 1.59. The van der Waals surface area contributed by atoms with Crippen molar-refractivity contribution in [3.8, 4) is 0 Å². The van der Waals surface area contributed by atoms with Gasteiger partial charge < -0.3 is 5.32 Å². The molecular weight excluding hydrogens is 234 g/mol. The summed E-state index contributed by atoms with van der Waals surface area (Å²) in [6, 6.07) is 7.70. The maximum absolute atomic E-state index is 10.6. The summed E-state index contributed by atoms with van der Waals surface area (Å²) < 4.78 is 0. The van der Waals surface area contributed by atoms with Crippen LogP contribution in [0, 0.1) is 12.8 Å². The highest BCUT2D eigenvalue weighted by Crippen LogP contribution is 2.15. The minimum absolute atomic E-state index is 0.0335. The first-order valence-electron chi connectivity index (χ1n) is 7.07. The highest BCUT2D eigenvalue weighted by atomic mass is 16.1. The van der Waals surface area contributed by atoms with Crippen LogP contribution in [0.2, 0.25) is 0 Å². The smallest absolute Gasteiger partial charge is 0.221 e. The lowest BCUT2D eigenvalue weighted by Crippen LogP contribution is -2.05. The first-order chi connectivity index (χ1) is 9.08. The molecule has 2 rings (SSSR count). The van der Waals surface area contributed by atoms with E-state index in [4.69, 9.17) is 0 Å². The summed E-state index contributed by atoms with van der Waals surface area (Å²) in [5.41, 5.74) is 2.04. The first kappa shape index (κ1) is 17.4. The molecule has 1 aliphatic rings. The molecule has 0 radical (unpaired) electrons. The maximum atomic E-state index is 10.6. The van der Waals surface area contributed by atoms with E-state index in [0.717, 1.165) is 11.6 Å². The van der Waals surface area contributed by atoms with Crippen LogP contribution in [-0.4, -0.2) is 5.91 Å². The zero-order valence-corrected chi connectivity index (χ0v) is 12.9. The Kier molecular flexibility index (Phi) is 9.51. The molecule has 1 aromatic carbocycles. The van der Waals surface area contributed by atoms with Gasteiger partial charge in [0.15, 0.2) is 0 Å². The molecule has 0 saturated carbocycles. The van der Waals surface area contributed by atoms with Crippen molar-refractivity contribution in [1.29, 1.82) is 0 Å². The minimum atomic E-state index is -0.0335. The molecule has 19 heavy (non-hydrogen) atoms. The number of allylic oxidation sites excluding steroid dienone is 2. The molecule has 2 heteroatoms. The van der Waals surface area contributed by atoms with Gasteiger partial charge >= 0.3 is 0 Å². The van der Waals surface area contributed by atoms with Crippen molar-refractivity contribution in [2.24, 2.45) is 5.92 Å². The molecule has 0 spiro atoms. The Morgan fingerprint density at radius 1 is 1.11 bits per heavy atom. The number of nitrogens with one attached hydrogen (secondary N) is 1. The van der Waals surface area contributed by atoms with Gasteiger partial charge in [0.2, 0.25) is 5.91 Å². The average molecular weight is 261 g/mol. The fourth-order valence-electron chi connectivity index (χ4n) is 1.59. The Hall–Kier alpha value is -1.57. The van der Waals surface area contributed by atoms with E-state index < -0.39 is 0 Å². The van der Waals surface area contributed by atoms with Gasteiger partial charge in [-0.05, 0) is 37.8 Å². The number of carbonyl (C=O) groups excluding carboxylic acids is 1. The lowest BCUT2D eigenvalue weighted by atomic mass is 10.1. The van der Waals surface area contributed by atoms with E-state index in [-0.39, 0.29) is 5.91 Å². The van der Waals surface area contributed by atoms with E-state index in [0.29, 0.717) is 0 Å². The highest BCUT2D eigenvalue weighted by Gasteiger charge is 2.00. The molecule has 0 aliphatic heterocycles. The summed E-state index contributed by atoms with van der Waals surface area (Å²) in [5, 5.41) is 2.69. The molecule has 1 aromatic rings. The Bertz CT molecular complexity index is 371. The predicted octanol–water partition coefficient (Wildman–Crippen LogP) is 4.95. The number of benzene rings is 1. The largest absolute Gasteiger partial charge is 0.326 e. The van der Waals surface area contributed by atoms with Crippen LogP contribution in [0.1, 0.15) is 46.1 Å². The third-order valence-corrected chi connectivity index (χ3v) is 2.62. The van der Waals surface area contributed by atoms with Crippen molar-refractivity contribution < 1.29 is 4.79 Å². The summed E-state index contributed by atoms with van der Waals surface area (Å²) in [6.45, 7) is 9.79. The van der Waals surface area contributed by atoms with Gasteiger partial charge in [-0.3, -0.25) is 4.79 Å². The Labute approximate surface area is 117 Å². The maximum Gasteiger partial charge on any atom is 0.221 e. The van der Waals surface area contributed by atoms with Crippen LogP contribution in [0.3, 0.4) is 0 Å². The third kappa shape index (κ3) is 9.06. The molecule has 0 bridgehead atoms. The number of hydrogen-bond acceptors (Lipinski definition) is 1. The quantitative estimate of drug-likeness (QED) is 0.712. The van der Waals surface area contributed by atoms with Crippen LogP contribution in [0.5, 0.6) is 0 Å². The van der Waals surface area contributed by atoms with E-state index in [1.165, 1.54) is 25.3 Å². The second-order valence-corrected chi connectivity index (χ2v) is 4.60. The Morgan fingerprint density at radius 2 is 1.58 bits per heavy atom. The highest BCUT2D eigenvalue weighted by molar-refractivity contribution is 5.88. The van der Waals surface area contributed by atoms with Gasteiger partial charge in [-0.1, -0.05) is 50.6 Å². The molecule has 0 saturated heterocycles. The minimum Gasteiger partial charge on any atom is -0.326 e. The number of amides is 1. The van der Waals surface area contributed by atoms with E-state index >= 15 is 0 Å². The molecule has 2 nitrogen and oxygen atoms in total. The number of rotatable bonds is 1. The SMILES string of the molecule is CC.CC(=O)Nc1ccc(C)cc1.CC1CC=CC1. The summed E-state index contributed by atoms with van der Waals surface area (Å²) in [4.78, 5) is 10.6. The third-order valence-electron chi connectivity index (χ3n) is 2.62. The summed E-state index contributed by atoms with van der Waals surface area (Å²) in [5.74, 6) is 0.902. The van der Waals surface area contributed by atoms with Gasteiger partial charge in [-0.2, -0.15) is 0 Å². The van der Waals surface area contributed by atoms with Crippen molar-refractivity contribution in [1.82, 2.24) is 0 Å². The summed E-state index contributed by atoms with van der Waals surface area (Å²) in [6.07, 6.45) is 7.12. The molecule has 1 amide bonds. The fraction of sp³-hybridized carbons (Fsp3) is 0.471. The van der Waals surface area contributed by atoms with Crippen molar-refractivity contribution in [2.75, 3.05) is 5.32 Å². The van der Waals surface area contributed by atoms with Gasteiger partial charge in [-0.25, -0.2) is 0 Å². The topological polar surface area (TPSA) is 29.1 Å². The Morgan fingerprint density at radius 3 is 1.89 bits per heavy atom. The van der Waals surface area contributed by atoms with Crippen LogP contribution in [-0.2, 0) is 4.79 Å². The second-order valence-electron chi connectivity index (χ2n) is 4.60. The molecule has 106 valence electrons. The number of anilines is 1. The molecule has 0 aromatic heterocycles. The lowest BCUT2D eigenvalue weighted by molar-refractivity contribution is -0.114. The van der Waals surface area contributed by atoms with Gasteiger partial charge in [0.25, 0.3) is 0 Å². The van der Waals surface area contributed by atoms with Crippen LogP contribution < -0.4 is 5.32 Å². The summed E-state index contributed by atoms with van der Waals surface area (Å²) >= 11 is 0. The molecule has 0 heterocycles. The van der Waals surface area contributed by atoms with Crippen LogP contribution in [0.4, 0.5) is 5.69 Å². The molecule has 1 N–H and O–H groups in total. The Balaban J connectivity index is 0.000000341. The first-order valence-corrected chi connectivity index (χ1v) is 7.07. The van der Waals surface area contributed by atoms with Gasteiger partial charge in [-0.15, -0.1) is 0 Å². The molecule has 0 fully saturated rings. The zero-order valence-electron chi connectivity index (χ0n) is 12.9. The molecule has 1 aliphatic carbocycles. The van der Waals surface area contributed by atoms with Gasteiger partial charge in [0, 0.05) is 12.6 Å². The van der Waals surface area contributed by atoms with E-state index in [9.17, 15) is 4.79 Å². The zero-order chi connectivity index (χ0) is 14.7. The van der Waals surface area contributed by atoms with Crippen molar-refractivity contribution in [3.63, 3.8) is 0 Å². The molecule has 0 unspecified atom stereocenters. The van der Waals surface area contributed by atoms with E-state index in [1.807, 2.05) is 45.0 Å². The van der Waals surface area contributed by atoms with Crippen LogP contribution >= 0.6 is 0 Å². The number of aryl methyl sites for hydroxylation is 1. The normalized spacial score (nSPS) is 12.9. The lowest BCUT2D eigenvalue weighted by Gasteiger charge is -2.00. The molecule has 0 atom stereocenters. The predicted molar refractivity (Wildman–Crippen MR) is 84.4 cm³/mol. The molecular formula is C17H27NO. The van der Waals surface area contributed by atoms with Crippen LogP contribution in [0.15, 0.2) is 36.4 Å². The van der Waals surface area contributed by atoms with Crippen LogP contribution in [0.25, 0.3) is 0 Å². The average Bonchev–Trinajstić information content (AvgIpc) is 2.86. The summed E-state index contributed by atoms with van der Waals surface area (Å²) in [7, 11) is 0. The van der Waals surface area contributed by atoms with Crippen molar-refractivity contribution in [2.45, 2.75) is 47.5 Å². The van der Waals surface area contributed by atoms with E-state index in [2.05, 4.69) is 24.4 Å². The van der Waals surface area contributed by atoms with Crippen molar-refractivity contribution >= 4 is 11.6 Å². The van der Waals surface area contributed by atoms with Crippen molar-refractivity contribution in [3.05, 3.63) is 42.0 Å².